The predicted molar refractivity (Wildman–Crippen MR) is 50.4 cm³/mol. The predicted octanol–water partition coefficient (Wildman–Crippen LogP) is 0.821. The minimum atomic E-state index is -0.301. The van der Waals surface area contributed by atoms with Gasteiger partial charge in [0.1, 0.15) is 6.10 Å². The fourth-order valence-corrected chi connectivity index (χ4v) is 1.14. The summed E-state index contributed by atoms with van der Waals surface area (Å²) < 4.78 is 9.74. The van der Waals surface area contributed by atoms with Crippen molar-refractivity contribution in [3.8, 4) is 6.07 Å². The average molecular weight is 203 g/mol. The number of nitrogens with zero attached hydrogens (tertiary/aromatic N) is 1. The number of hydrogen-bond acceptors (Lipinski definition) is 5. The Hall–Kier alpha value is -0.730. The number of rotatable bonds is 6. The molecule has 0 saturated heterocycles. The Balaban J connectivity index is 3.45. The van der Waals surface area contributed by atoms with E-state index >= 15 is 0 Å². The van der Waals surface area contributed by atoms with Crippen molar-refractivity contribution in [1.82, 2.24) is 0 Å². The van der Waals surface area contributed by atoms with Gasteiger partial charge in [-0.3, -0.25) is 4.79 Å². The van der Waals surface area contributed by atoms with Crippen LogP contribution in [0.15, 0.2) is 0 Å². The third-order valence-electron chi connectivity index (χ3n) is 1.12. The van der Waals surface area contributed by atoms with Crippen molar-refractivity contribution in [2.45, 2.75) is 13.0 Å². The second-order valence-electron chi connectivity index (χ2n) is 2.41. The van der Waals surface area contributed by atoms with Gasteiger partial charge in [-0.05, 0) is 6.92 Å². The summed E-state index contributed by atoms with van der Waals surface area (Å²) in [7, 11) is 1.55. The topological polar surface area (TPSA) is 59.3 Å². The average Bonchev–Trinajstić information content (AvgIpc) is 2.05. The van der Waals surface area contributed by atoms with Crippen LogP contribution in [-0.2, 0) is 14.3 Å². The second-order valence-corrected chi connectivity index (χ2v) is 3.39. The van der Waals surface area contributed by atoms with E-state index in [2.05, 4.69) is 0 Å². The Bertz CT molecular complexity index is 190. The summed E-state index contributed by atoms with van der Waals surface area (Å²) in [6, 6.07) is 1.93. The van der Waals surface area contributed by atoms with Gasteiger partial charge in [-0.15, -0.1) is 11.8 Å². The third kappa shape index (κ3) is 7.62. The Kier molecular flexibility index (Phi) is 7.45. The van der Waals surface area contributed by atoms with E-state index in [1.165, 1.54) is 11.8 Å². The van der Waals surface area contributed by atoms with Crippen LogP contribution in [0, 0.1) is 11.3 Å². The Morgan fingerprint density at radius 2 is 2.38 bits per heavy atom. The lowest BCUT2D eigenvalue weighted by Crippen LogP contribution is -2.20. The maximum absolute atomic E-state index is 11.0. The summed E-state index contributed by atoms with van der Waals surface area (Å²) in [5.41, 5.74) is 0. The van der Waals surface area contributed by atoms with Gasteiger partial charge in [-0.2, -0.15) is 5.26 Å². The molecule has 0 N–H and O–H groups in total. The van der Waals surface area contributed by atoms with Gasteiger partial charge < -0.3 is 9.47 Å². The molecular weight excluding hydrogens is 190 g/mol. The van der Waals surface area contributed by atoms with Gasteiger partial charge in [0, 0.05) is 7.11 Å². The number of nitriles is 1. The van der Waals surface area contributed by atoms with Crippen molar-refractivity contribution in [3.63, 3.8) is 0 Å². The van der Waals surface area contributed by atoms with E-state index < -0.39 is 0 Å². The molecular formula is C8H13NO3S. The summed E-state index contributed by atoms with van der Waals surface area (Å²) >= 11 is 1.24. The fraction of sp³-hybridized carbons (Fsp3) is 0.750. The summed E-state index contributed by atoms with van der Waals surface area (Å²) in [6.07, 6.45) is -0.222. The zero-order valence-electron chi connectivity index (χ0n) is 7.78. The molecule has 0 aliphatic heterocycles. The second kappa shape index (κ2) is 7.90. The fourth-order valence-electron chi connectivity index (χ4n) is 0.707. The Morgan fingerprint density at radius 3 is 2.92 bits per heavy atom. The third-order valence-corrected chi connectivity index (χ3v) is 1.89. The lowest BCUT2D eigenvalue weighted by atomic mass is 10.4. The first-order valence-electron chi connectivity index (χ1n) is 3.83. The van der Waals surface area contributed by atoms with Crippen LogP contribution in [0.25, 0.3) is 0 Å². The molecule has 0 aromatic rings. The summed E-state index contributed by atoms with van der Waals surface area (Å²) in [5, 5.41) is 8.20. The highest BCUT2D eigenvalue weighted by Crippen LogP contribution is 2.01. The van der Waals surface area contributed by atoms with E-state index in [0.717, 1.165) is 0 Å². The van der Waals surface area contributed by atoms with Crippen LogP contribution in [0.1, 0.15) is 6.92 Å². The highest BCUT2D eigenvalue weighted by Gasteiger charge is 2.08. The van der Waals surface area contributed by atoms with Crippen LogP contribution in [-0.4, -0.2) is 37.3 Å². The molecule has 1 atom stereocenters. The molecule has 0 aliphatic rings. The van der Waals surface area contributed by atoms with Crippen molar-refractivity contribution in [2.75, 3.05) is 25.2 Å². The number of carbonyl (C=O) groups is 1. The van der Waals surface area contributed by atoms with Crippen LogP contribution < -0.4 is 0 Å². The van der Waals surface area contributed by atoms with Crippen LogP contribution >= 0.6 is 11.8 Å². The van der Waals surface area contributed by atoms with Gasteiger partial charge in [0.15, 0.2) is 0 Å². The Morgan fingerprint density at radius 1 is 1.69 bits per heavy atom. The van der Waals surface area contributed by atoms with Crippen LogP contribution in [0.4, 0.5) is 0 Å². The van der Waals surface area contributed by atoms with Gasteiger partial charge >= 0.3 is 5.97 Å². The van der Waals surface area contributed by atoms with E-state index in [9.17, 15) is 4.79 Å². The molecule has 0 bridgehead atoms. The highest BCUT2D eigenvalue weighted by molar-refractivity contribution is 8.00. The largest absolute Gasteiger partial charge is 0.460 e. The van der Waals surface area contributed by atoms with Crippen LogP contribution in [0.2, 0.25) is 0 Å². The van der Waals surface area contributed by atoms with Crippen molar-refractivity contribution in [2.24, 2.45) is 0 Å². The van der Waals surface area contributed by atoms with Gasteiger partial charge in [0.05, 0.1) is 24.2 Å². The Labute approximate surface area is 82.2 Å². The number of ether oxygens (including phenoxy) is 2. The summed E-state index contributed by atoms with van der Waals surface area (Å²) in [6.45, 7) is 2.16. The molecule has 0 radical (unpaired) electrons. The molecule has 0 aliphatic carbocycles. The summed E-state index contributed by atoms with van der Waals surface area (Å²) in [5.74, 6) is 0.236. The van der Waals surface area contributed by atoms with Crippen molar-refractivity contribution >= 4 is 17.7 Å². The zero-order valence-corrected chi connectivity index (χ0v) is 8.60. The number of esters is 1. The minimum Gasteiger partial charge on any atom is -0.460 e. The quantitative estimate of drug-likeness (QED) is 0.472. The lowest BCUT2D eigenvalue weighted by molar-refractivity contribution is -0.147. The molecule has 0 heterocycles. The molecule has 0 spiro atoms. The molecule has 0 saturated carbocycles. The van der Waals surface area contributed by atoms with E-state index in [0.29, 0.717) is 12.4 Å². The SMILES string of the molecule is COCC(C)OC(=O)CSCC#N. The van der Waals surface area contributed by atoms with Gasteiger partial charge in [0.2, 0.25) is 0 Å². The molecule has 5 heteroatoms. The van der Waals surface area contributed by atoms with Crippen molar-refractivity contribution in [1.29, 1.82) is 5.26 Å². The zero-order chi connectivity index (χ0) is 10.1. The first-order chi connectivity index (χ1) is 6.20. The number of methoxy groups -OCH3 is 1. The van der Waals surface area contributed by atoms with E-state index in [1.54, 1.807) is 14.0 Å². The van der Waals surface area contributed by atoms with Gasteiger partial charge in [-0.1, -0.05) is 0 Å². The molecule has 13 heavy (non-hydrogen) atoms. The standard InChI is InChI=1S/C8H13NO3S/c1-7(5-11-2)12-8(10)6-13-4-3-9/h7H,4-6H2,1-2H3. The smallest absolute Gasteiger partial charge is 0.316 e. The van der Waals surface area contributed by atoms with Gasteiger partial charge in [-0.25, -0.2) is 0 Å². The molecule has 0 amide bonds. The minimum absolute atomic E-state index is 0.222. The van der Waals surface area contributed by atoms with Crippen molar-refractivity contribution in [3.05, 3.63) is 0 Å². The highest BCUT2D eigenvalue weighted by atomic mass is 32.2. The van der Waals surface area contributed by atoms with Crippen molar-refractivity contribution < 1.29 is 14.3 Å². The van der Waals surface area contributed by atoms with Crippen LogP contribution in [0.3, 0.4) is 0 Å². The van der Waals surface area contributed by atoms with Gasteiger partial charge in [0.25, 0.3) is 0 Å². The molecule has 4 nitrogen and oxygen atoms in total. The molecule has 0 rings (SSSR count). The maximum Gasteiger partial charge on any atom is 0.316 e. The lowest BCUT2D eigenvalue weighted by Gasteiger charge is -2.11. The normalized spacial score (nSPS) is 11.8. The first kappa shape index (κ1) is 12.3. The van der Waals surface area contributed by atoms with E-state index in [-0.39, 0.29) is 17.8 Å². The summed E-state index contributed by atoms with van der Waals surface area (Å²) in [4.78, 5) is 11.0. The number of hydrogen-bond donors (Lipinski definition) is 0. The van der Waals surface area contributed by atoms with Crippen LogP contribution in [0.5, 0.6) is 0 Å². The molecule has 0 aromatic carbocycles. The molecule has 1 unspecified atom stereocenters. The molecule has 74 valence electrons. The monoisotopic (exact) mass is 203 g/mol. The van der Waals surface area contributed by atoms with E-state index in [4.69, 9.17) is 14.7 Å². The number of thioether (sulfide) groups is 1. The maximum atomic E-state index is 11.0. The number of carbonyl (C=O) groups excluding carboxylic acids is 1. The molecule has 0 aromatic heterocycles. The van der Waals surface area contributed by atoms with E-state index in [1.807, 2.05) is 6.07 Å². The first-order valence-corrected chi connectivity index (χ1v) is 4.99. The molecule has 0 fully saturated rings.